The molecule has 0 atom stereocenters. The maximum Gasteiger partial charge on any atom is 0.182 e. The second-order valence-electron chi connectivity index (χ2n) is 4.92. The van der Waals surface area contributed by atoms with E-state index in [0.29, 0.717) is 5.56 Å². The van der Waals surface area contributed by atoms with Crippen molar-refractivity contribution >= 4 is 28.5 Å². The molecule has 2 N–H and O–H groups in total. The van der Waals surface area contributed by atoms with Gasteiger partial charge in [-0.25, -0.2) is 0 Å². The van der Waals surface area contributed by atoms with Crippen LogP contribution in [0, 0.1) is 0 Å². The van der Waals surface area contributed by atoms with Crippen LogP contribution in [-0.2, 0) is 4.79 Å². The van der Waals surface area contributed by atoms with E-state index in [-0.39, 0.29) is 11.5 Å². The molecule has 1 heterocycles. The maximum atomic E-state index is 11.9. The van der Waals surface area contributed by atoms with Crippen LogP contribution in [0.1, 0.15) is 11.1 Å². The molecule has 22 heavy (non-hydrogen) atoms. The number of aliphatic hydroxyl groups excluding tert-OH is 1. The van der Waals surface area contributed by atoms with Gasteiger partial charge in [0.2, 0.25) is 0 Å². The molecule has 0 spiro atoms. The summed E-state index contributed by atoms with van der Waals surface area (Å²) in [6, 6.07) is 16.9. The number of allylic oxidation sites excluding steroid dienone is 2. The molecule has 2 aromatic carbocycles. The molecule has 0 aliphatic carbocycles. The lowest BCUT2D eigenvalue weighted by atomic mass is 10.1. The van der Waals surface area contributed by atoms with Crippen molar-refractivity contribution in [1.82, 2.24) is 4.98 Å². The highest BCUT2D eigenvalue weighted by molar-refractivity contribution is 6.06. The Morgan fingerprint density at radius 3 is 2.55 bits per heavy atom. The molecule has 0 radical (unpaired) electrons. The fraction of sp³-hybridized carbons (Fsp3) is 0. The minimum Gasteiger partial charge on any atom is -0.507 e. The zero-order valence-corrected chi connectivity index (χ0v) is 11.9. The van der Waals surface area contributed by atoms with Crippen LogP contribution in [0.4, 0.5) is 0 Å². The van der Waals surface area contributed by atoms with Gasteiger partial charge in [0.15, 0.2) is 5.78 Å². The summed E-state index contributed by atoms with van der Waals surface area (Å²) in [7, 11) is 0. The fourth-order valence-electron chi connectivity index (χ4n) is 2.28. The van der Waals surface area contributed by atoms with Crippen molar-refractivity contribution in [2.45, 2.75) is 0 Å². The van der Waals surface area contributed by atoms with Crippen molar-refractivity contribution in [1.29, 1.82) is 0 Å². The van der Waals surface area contributed by atoms with Gasteiger partial charge in [0.1, 0.15) is 5.76 Å². The molecule has 3 aromatic rings. The van der Waals surface area contributed by atoms with Gasteiger partial charge in [-0.1, -0.05) is 48.5 Å². The first kappa shape index (κ1) is 13.9. The lowest BCUT2D eigenvalue weighted by Crippen LogP contribution is -1.90. The van der Waals surface area contributed by atoms with Crippen LogP contribution in [0.2, 0.25) is 0 Å². The van der Waals surface area contributed by atoms with E-state index in [2.05, 4.69) is 4.98 Å². The second-order valence-corrected chi connectivity index (χ2v) is 4.92. The van der Waals surface area contributed by atoms with Gasteiger partial charge in [0, 0.05) is 28.7 Å². The zero-order valence-electron chi connectivity index (χ0n) is 11.9. The minimum absolute atomic E-state index is 0.0332. The first-order valence-electron chi connectivity index (χ1n) is 6.98. The number of carbonyl (C=O) groups is 1. The number of aliphatic hydroxyl groups is 1. The number of nitrogens with one attached hydrogen (secondary N) is 1. The Hall–Kier alpha value is -3.07. The third kappa shape index (κ3) is 2.99. The Kier molecular flexibility index (Phi) is 3.88. The molecule has 1 aromatic heterocycles. The van der Waals surface area contributed by atoms with Gasteiger partial charge in [-0.05, 0) is 23.8 Å². The average molecular weight is 289 g/mol. The van der Waals surface area contributed by atoms with Crippen LogP contribution < -0.4 is 0 Å². The lowest BCUT2D eigenvalue weighted by molar-refractivity contribution is -0.110. The standard InChI is InChI=1S/C19H15NO2/c21-16(12-19(22)14-6-2-1-3-7-14)11-10-15-13-20-18-9-5-4-8-17(15)18/h1-13,20,22H/b11-10+,19-12+. The number of benzene rings is 2. The zero-order chi connectivity index (χ0) is 15.4. The van der Waals surface area contributed by atoms with E-state index >= 15 is 0 Å². The summed E-state index contributed by atoms with van der Waals surface area (Å²) in [5.41, 5.74) is 2.59. The van der Waals surface area contributed by atoms with Crippen molar-refractivity contribution in [3.8, 4) is 0 Å². The topological polar surface area (TPSA) is 53.1 Å². The maximum absolute atomic E-state index is 11.9. The highest BCUT2D eigenvalue weighted by atomic mass is 16.3. The Balaban J connectivity index is 1.79. The molecule has 0 amide bonds. The number of hydrogen-bond donors (Lipinski definition) is 2. The Morgan fingerprint density at radius 2 is 1.73 bits per heavy atom. The van der Waals surface area contributed by atoms with Gasteiger partial charge in [0.25, 0.3) is 0 Å². The Bertz CT molecular complexity index is 857. The molecular formula is C19H15NO2. The van der Waals surface area contributed by atoms with Gasteiger partial charge in [-0.2, -0.15) is 0 Å². The fourth-order valence-corrected chi connectivity index (χ4v) is 2.28. The van der Waals surface area contributed by atoms with Crippen LogP contribution in [0.3, 0.4) is 0 Å². The van der Waals surface area contributed by atoms with Crippen LogP contribution >= 0.6 is 0 Å². The molecule has 0 fully saturated rings. The number of rotatable bonds is 4. The van der Waals surface area contributed by atoms with E-state index in [1.165, 1.54) is 12.2 Å². The smallest absolute Gasteiger partial charge is 0.182 e. The predicted octanol–water partition coefficient (Wildman–Crippen LogP) is 4.35. The van der Waals surface area contributed by atoms with E-state index in [1.807, 2.05) is 48.7 Å². The molecule has 0 saturated carbocycles. The SMILES string of the molecule is O=C(/C=C/c1c[nH]c2ccccc12)/C=C(/O)c1ccccc1. The van der Waals surface area contributed by atoms with E-state index in [1.54, 1.807) is 18.2 Å². The number of fused-ring (bicyclic) bond motifs is 1. The first-order valence-corrected chi connectivity index (χ1v) is 6.98. The molecule has 3 nitrogen and oxygen atoms in total. The molecule has 0 unspecified atom stereocenters. The highest BCUT2D eigenvalue weighted by Crippen LogP contribution is 2.19. The normalized spacial score (nSPS) is 12.1. The third-order valence-corrected chi connectivity index (χ3v) is 3.40. The average Bonchev–Trinajstić information content (AvgIpc) is 2.97. The van der Waals surface area contributed by atoms with Gasteiger partial charge < -0.3 is 10.1 Å². The molecular weight excluding hydrogens is 274 g/mol. The van der Waals surface area contributed by atoms with E-state index in [4.69, 9.17) is 0 Å². The number of aromatic amines is 1. The molecule has 108 valence electrons. The summed E-state index contributed by atoms with van der Waals surface area (Å²) in [6.07, 6.45) is 6.28. The van der Waals surface area contributed by atoms with Crippen molar-refractivity contribution < 1.29 is 9.90 Å². The Morgan fingerprint density at radius 1 is 1.00 bits per heavy atom. The number of ketones is 1. The second kappa shape index (κ2) is 6.14. The number of aromatic nitrogens is 1. The summed E-state index contributed by atoms with van der Waals surface area (Å²) >= 11 is 0. The number of carbonyl (C=O) groups excluding carboxylic acids is 1. The van der Waals surface area contributed by atoms with Crippen LogP contribution in [0.5, 0.6) is 0 Å². The molecule has 0 bridgehead atoms. The Labute approximate surface area is 128 Å². The first-order chi connectivity index (χ1) is 10.7. The predicted molar refractivity (Wildman–Crippen MR) is 89.4 cm³/mol. The lowest BCUT2D eigenvalue weighted by Gasteiger charge is -1.97. The van der Waals surface area contributed by atoms with Gasteiger partial charge in [0.05, 0.1) is 0 Å². The highest BCUT2D eigenvalue weighted by Gasteiger charge is 2.02. The van der Waals surface area contributed by atoms with Crippen LogP contribution in [0.25, 0.3) is 22.7 Å². The summed E-state index contributed by atoms with van der Waals surface area (Å²) < 4.78 is 0. The van der Waals surface area contributed by atoms with Gasteiger partial charge in [-0.15, -0.1) is 0 Å². The van der Waals surface area contributed by atoms with Crippen molar-refractivity contribution in [2.75, 3.05) is 0 Å². The molecule has 0 saturated heterocycles. The summed E-state index contributed by atoms with van der Waals surface area (Å²) in [5.74, 6) is -0.291. The van der Waals surface area contributed by atoms with Crippen molar-refractivity contribution in [3.63, 3.8) is 0 Å². The largest absolute Gasteiger partial charge is 0.507 e. The third-order valence-electron chi connectivity index (χ3n) is 3.40. The van der Waals surface area contributed by atoms with E-state index < -0.39 is 0 Å². The molecule has 3 heteroatoms. The molecule has 3 rings (SSSR count). The number of hydrogen-bond acceptors (Lipinski definition) is 2. The van der Waals surface area contributed by atoms with Gasteiger partial charge >= 0.3 is 0 Å². The van der Waals surface area contributed by atoms with E-state index in [0.717, 1.165) is 16.5 Å². The van der Waals surface area contributed by atoms with Crippen LogP contribution in [-0.4, -0.2) is 15.9 Å². The quantitative estimate of drug-likeness (QED) is 0.554. The summed E-state index contributed by atoms with van der Waals surface area (Å²) in [5, 5.41) is 11.0. The van der Waals surface area contributed by atoms with Gasteiger partial charge in [-0.3, -0.25) is 4.79 Å². The van der Waals surface area contributed by atoms with Crippen LogP contribution in [0.15, 0.2) is 72.9 Å². The summed E-state index contributed by atoms with van der Waals surface area (Å²) in [4.78, 5) is 15.1. The number of para-hydroxylation sites is 1. The number of H-pyrrole nitrogens is 1. The monoisotopic (exact) mass is 289 g/mol. The van der Waals surface area contributed by atoms with Crippen molar-refractivity contribution in [2.24, 2.45) is 0 Å². The molecule has 0 aliphatic rings. The summed E-state index contributed by atoms with van der Waals surface area (Å²) in [6.45, 7) is 0. The minimum atomic E-state index is -0.258. The van der Waals surface area contributed by atoms with Crippen molar-refractivity contribution in [3.05, 3.63) is 84.1 Å². The van der Waals surface area contributed by atoms with E-state index in [9.17, 15) is 9.90 Å². The molecule has 0 aliphatic heterocycles.